The van der Waals surface area contributed by atoms with Gasteiger partial charge >= 0.3 is 6.03 Å². The van der Waals surface area contributed by atoms with Gasteiger partial charge in [0.1, 0.15) is 5.75 Å². The molecule has 0 bridgehead atoms. The zero-order chi connectivity index (χ0) is 23.3. The number of aliphatic hydroxyl groups is 1. The molecule has 1 saturated heterocycles. The third-order valence-corrected chi connectivity index (χ3v) is 7.91. The Morgan fingerprint density at radius 2 is 1.94 bits per heavy atom. The quantitative estimate of drug-likeness (QED) is 0.744. The highest BCUT2D eigenvalue weighted by molar-refractivity contribution is 5.90. The minimum atomic E-state index is -0.439. The second-order valence-corrected chi connectivity index (χ2v) is 9.84. The van der Waals surface area contributed by atoms with Crippen molar-refractivity contribution in [1.82, 2.24) is 19.7 Å². The van der Waals surface area contributed by atoms with E-state index in [4.69, 9.17) is 4.74 Å². The number of ether oxygens (including phenoxy) is 1. The number of aryl methyl sites for hydroxylation is 1. The number of carbonyl (C=O) groups excluding carboxylic acids is 2. The summed E-state index contributed by atoms with van der Waals surface area (Å²) in [6, 6.07) is 5.68. The molecular formula is C25H34N4O4. The predicted molar refractivity (Wildman–Crippen MR) is 125 cm³/mol. The van der Waals surface area contributed by atoms with E-state index in [9.17, 15) is 14.7 Å². The number of hydrogen-bond acceptors (Lipinski definition) is 4. The van der Waals surface area contributed by atoms with Gasteiger partial charge in [-0.1, -0.05) is 19.8 Å². The Morgan fingerprint density at radius 3 is 2.58 bits per heavy atom. The number of likely N-dealkylation sites (tertiary alicyclic amines) is 1. The minimum absolute atomic E-state index is 0.117. The molecule has 3 amide bonds. The number of carbonyl (C=O) groups is 2. The molecule has 8 nitrogen and oxygen atoms in total. The number of urea groups is 1. The van der Waals surface area contributed by atoms with Crippen molar-refractivity contribution in [3.63, 3.8) is 0 Å². The zero-order valence-electron chi connectivity index (χ0n) is 19.8. The highest BCUT2D eigenvalue weighted by atomic mass is 16.5. The summed E-state index contributed by atoms with van der Waals surface area (Å²) < 4.78 is 7.55. The van der Waals surface area contributed by atoms with Gasteiger partial charge in [0.05, 0.1) is 30.7 Å². The van der Waals surface area contributed by atoms with E-state index < -0.39 is 6.04 Å². The van der Waals surface area contributed by atoms with Gasteiger partial charge in [-0.3, -0.25) is 4.79 Å². The molecule has 33 heavy (non-hydrogen) atoms. The maximum Gasteiger partial charge on any atom is 0.318 e. The van der Waals surface area contributed by atoms with Gasteiger partial charge in [-0.05, 0) is 30.5 Å². The molecule has 0 radical (unpaired) electrons. The molecule has 8 heteroatoms. The summed E-state index contributed by atoms with van der Waals surface area (Å²) in [5.41, 5.74) is 2.78. The van der Waals surface area contributed by atoms with Crippen molar-refractivity contribution in [2.75, 3.05) is 33.4 Å². The summed E-state index contributed by atoms with van der Waals surface area (Å²) in [6.45, 7) is 3.39. The van der Waals surface area contributed by atoms with E-state index in [1.807, 2.05) is 35.9 Å². The Labute approximate surface area is 194 Å². The van der Waals surface area contributed by atoms with E-state index in [0.29, 0.717) is 26.1 Å². The second-order valence-electron chi connectivity index (χ2n) is 9.84. The SMILES string of the molecule is CCC(=O)N1CC2(C1)CN(C(=O)NC1CCCC1)[C@H](CO)c1c2c2ccc(OC)cc2n1C. The molecule has 1 spiro atoms. The smallest absolute Gasteiger partial charge is 0.318 e. The van der Waals surface area contributed by atoms with E-state index >= 15 is 0 Å². The van der Waals surface area contributed by atoms with Crippen LogP contribution in [-0.4, -0.2) is 70.8 Å². The molecular weight excluding hydrogens is 420 g/mol. The van der Waals surface area contributed by atoms with Crippen molar-refractivity contribution in [2.45, 2.75) is 56.5 Å². The summed E-state index contributed by atoms with van der Waals surface area (Å²) in [4.78, 5) is 29.6. The van der Waals surface area contributed by atoms with Crippen LogP contribution in [-0.2, 0) is 17.3 Å². The van der Waals surface area contributed by atoms with Crippen LogP contribution in [0, 0.1) is 0 Å². The normalized spacial score (nSPS) is 21.9. The molecule has 2 fully saturated rings. The van der Waals surface area contributed by atoms with Gasteiger partial charge in [0, 0.05) is 56.3 Å². The van der Waals surface area contributed by atoms with Crippen LogP contribution in [0.15, 0.2) is 18.2 Å². The highest BCUT2D eigenvalue weighted by Crippen LogP contribution is 2.49. The molecule has 178 valence electrons. The number of rotatable bonds is 4. The first-order valence-electron chi connectivity index (χ1n) is 12.0. The predicted octanol–water partition coefficient (Wildman–Crippen LogP) is 2.68. The first kappa shape index (κ1) is 22.1. The van der Waals surface area contributed by atoms with Gasteiger partial charge in [0.15, 0.2) is 0 Å². The van der Waals surface area contributed by atoms with Crippen molar-refractivity contribution in [1.29, 1.82) is 0 Å². The maximum absolute atomic E-state index is 13.5. The standard InChI is InChI=1S/C25H34N4O4/c1-4-21(31)28-13-25(14-28)15-29(24(32)26-16-7-5-6-8-16)20(12-30)23-22(25)18-10-9-17(33-3)11-19(18)27(23)2/h9-11,16,20,30H,4-8,12-15H2,1-3H3,(H,26,32)/t20-/m1/s1. The van der Waals surface area contributed by atoms with Crippen LogP contribution < -0.4 is 10.1 Å². The second kappa shape index (κ2) is 8.24. The average Bonchev–Trinajstić information content (AvgIpc) is 3.42. The monoisotopic (exact) mass is 454 g/mol. The zero-order valence-corrected chi connectivity index (χ0v) is 19.8. The van der Waals surface area contributed by atoms with Gasteiger partial charge in [-0.15, -0.1) is 0 Å². The number of nitrogens with one attached hydrogen (secondary N) is 1. The van der Waals surface area contributed by atoms with Crippen molar-refractivity contribution in [3.8, 4) is 5.75 Å². The van der Waals surface area contributed by atoms with E-state index in [-0.39, 0.29) is 30.0 Å². The van der Waals surface area contributed by atoms with Crippen LogP contribution in [0.3, 0.4) is 0 Å². The molecule has 1 aliphatic carbocycles. The van der Waals surface area contributed by atoms with Crippen molar-refractivity contribution >= 4 is 22.8 Å². The fraction of sp³-hybridized carbons (Fsp3) is 0.600. The molecule has 0 unspecified atom stereocenters. The summed E-state index contributed by atoms with van der Waals surface area (Å²) >= 11 is 0. The third kappa shape index (κ3) is 3.38. The fourth-order valence-corrected chi connectivity index (χ4v) is 6.24. The molecule has 1 aromatic carbocycles. The molecule has 3 aliphatic rings. The van der Waals surface area contributed by atoms with Gasteiger partial charge in [0.2, 0.25) is 5.91 Å². The number of hydrogen-bond donors (Lipinski definition) is 2. The molecule has 2 aliphatic heterocycles. The Balaban J connectivity index is 1.60. The number of benzene rings is 1. The number of nitrogens with zero attached hydrogens (tertiary/aromatic N) is 3. The van der Waals surface area contributed by atoms with Crippen LogP contribution in [0.4, 0.5) is 4.79 Å². The van der Waals surface area contributed by atoms with Gasteiger partial charge in [0.25, 0.3) is 0 Å². The molecule has 2 aromatic rings. The number of amides is 3. The van der Waals surface area contributed by atoms with E-state index in [2.05, 4.69) is 16.0 Å². The van der Waals surface area contributed by atoms with Gasteiger partial charge in [-0.2, -0.15) is 0 Å². The summed E-state index contributed by atoms with van der Waals surface area (Å²) in [5, 5.41) is 14.8. The van der Waals surface area contributed by atoms with E-state index in [1.165, 1.54) is 0 Å². The highest BCUT2D eigenvalue weighted by Gasteiger charge is 2.55. The Hall–Kier alpha value is -2.74. The number of methoxy groups -OCH3 is 1. The van der Waals surface area contributed by atoms with Gasteiger partial charge < -0.3 is 29.5 Å². The van der Waals surface area contributed by atoms with Crippen LogP contribution in [0.2, 0.25) is 0 Å². The lowest BCUT2D eigenvalue weighted by molar-refractivity contribution is -0.139. The van der Waals surface area contributed by atoms with Crippen LogP contribution in [0.1, 0.15) is 56.3 Å². The lowest BCUT2D eigenvalue weighted by Gasteiger charge is -2.56. The topological polar surface area (TPSA) is 87.0 Å². The van der Waals surface area contributed by atoms with E-state index in [1.54, 1.807) is 7.11 Å². The minimum Gasteiger partial charge on any atom is -0.497 e. The van der Waals surface area contributed by atoms with Crippen LogP contribution in [0.5, 0.6) is 5.75 Å². The summed E-state index contributed by atoms with van der Waals surface area (Å²) in [7, 11) is 3.64. The lowest BCUT2D eigenvalue weighted by Crippen LogP contribution is -2.68. The molecule has 3 heterocycles. The number of aromatic nitrogens is 1. The van der Waals surface area contributed by atoms with Crippen LogP contribution in [0.25, 0.3) is 10.9 Å². The molecule has 5 rings (SSSR count). The summed E-state index contributed by atoms with van der Waals surface area (Å²) in [5.74, 6) is 0.901. The van der Waals surface area contributed by atoms with Crippen LogP contribution >= 0.6 is 0 Å². The number of fused-ring (bicyclic) bond motifs is 4. The Bertz CT molecular complexity index is 1080. The summed E-state index contributed by atoms with van der Waals surface area (Å²) in [6.07, 6.45) is 4.77. The lowest BCUT2D eigenvalue weighted by atomic mass is 9.68. The molecule has 1 atom stereocenters. The maximum atomic E-state index is 13.5. The molecule has 1 saturated carbocycles. The van der Waals surface area contributed by atoms with Crippen molar-refractivity contribution in [2.24, 2.45) is 7.05 Å². The first-order chi connectivity index (χ1) is 15.9. The first-order valence-corrected chi connectivity index (χ1v) is 12.0. The Kier molecular flexibility index (Phi) is 5.51. The molecule has 1 aromatic heterocycles. The Morgan fingerprint density at radius 1 is 1.21 bits per heavy atom. The van der Waals surface area contributed by atoms with E-state index in [0.717, 1.165) is 53.6 Å². The molecule has 2 N–H and O–H groups in total. The van der Waals surface area contributed by atoms with Crippen molar-refractivity contribution < 1.29 is 19.4 Å². The average molecular weight is 455 g/mol. The largest absolute Gasteiger partial charge is 0.497 e. The van der Waals surface area contributed by atoms with Gasteiger partial charge in [-0.25, -0.2) is 4.79 Å². The van der Waals surface area contributed by atoms with Crippen molar-refractivity contribution in [3.05, 3.63) is 29.5 Å². The number of aliphatic hydroxyl groups excluding tert-OH is 1. The fourth-order valence-electron chi connectivity index (χ4n) is 6.24. The third-order valence-electron chi connectivity index (χ3n) is 7.91.